The summed E-state index contributed by atoms with van der Waals surface area (Å²) in [7, 11) is 0. The first-order valence-electron chi connectivity index (χ1n) is 8.94. The van der Waals surface area contributed by atoms with Crippen molar-refractivity contribution in [2.75, 3.05) is 5.73 Å². The minimum Gasteiger partial charge on any atom is -0.443 e. The number of pyridine rings is 1. The molecule has 0 saturated heterocycles. The average molecular weight is 371 g/mol. The zero-order valence-corrected chi connectivity index (χ0v) is 16.3. The fourth-order valence-corrected chi connectivity index (χ4v) is 3.00. The van der Waals surface area contributed by atoms with E-state index < -0.39 is 17.4 Å². The molecule has 2 atom stereocenters. The minimum absolute atomic E-state index is 0.217. The number of carbonyl (C=O) groups is 1. The molecular weight excluding hydrogens is 346 g/mol. The van der Waals surface area contributed by atoms with E-state index in [1.165, 1.54) is 4.57 Å². The molecule has 8 nitrogen and oxygen atoms in total. The maximum Gasteiger partial charge on any atom is 0.423 e. The molecule has 27 heavy (non-hydrogen) atoms. The van der Waals surface area contributed by atoms with Gasteiger partial charge < -0.3 is 10.5 Å². The minimum atomic E-state index is -0.741. The van der Waals surface area contributed by atoms with Gasteiger partial charge in [-0.15, -0.1) is 0 Å². The molecule has 2 aromatic heterocycles. The lowest BCUT2D eigenvalue weighted by Crippen LogP contribution is -2.35. The van der Waals surface area contributed by atoms with Crippen LogP contribution in [0.25, 0.3) is 11.2 Å². The second kappa shape index (κ2) is 6.68. The number of hydrogen-bond donors (Lipinski definition) is 1. The number of fused-ring (bicyclic) bond motifs is 1. The first kappa shape index (κ1) is 18.9. The molecule has 144 valence electrons. The van der Waals surface area contributed by atoms with Crippen molar-refractivity contribution in [3.8, 4) is 0 Å². The predicted molar refractivity (Wildman–Crippen MR) is 105 cm³/mol. The average Bonchev–Trinajstić information content (AvgIpc) is 2.84. The molecule has 1 unspecified atom stereocenters. The summed E-state index contributed by atoms with van der Waals surface area (Å²) in [6, 6.07) is 3.03. The Balaban J connectivity index is 2.17. The molecule has 0 fully saturated rings. The standard InChI is InChI=1S/C19H25N5O3/c1-11-6-7-13(10-21-11)12(2)23-16-14(8-9-15(20)22-16)24(17(23)25)18(26)27-19(3,4)5/h7-12H,6H2,1-5H3,(H2,20,22)/t11?,12-/m1/s1. The highest BCUT2D eigenvalue weighted by Crippen LogP contribution is 2.24. The number of rotatable bonds is 2. The van der Waals surface area contributed by atoms with Crippen molar-refractivity contribution in [1.82, 2.24) is 14.1 Å². The smallest absolute Gasteiger partial charge is 0.423 e. The van der Waals surface area contributed by atoms with Crippen LogP contribution in [0.4, 0.5) is 10.6 Å². The van der Waals surface area contributed by atoms with Crippen LogP contribution in [0.2, 0.25) is 0 Å². The molecule has 1 aliphatic heterocycles. The third kappa shape index (κ3) is 3.65. The number of aromatic nitrogens is 3. The molecule has 0 aliphatic carbocycles. The SMILES string of the molecule is CC1CC=C([C@@H](C)n2c(=O)n(C(=O)OC(C)(C)C)c3ccc(N)nc32)C=N1. The van der Waals surface area contributed by atoms with Crippen molar-refractivity contribution in [1.29, 1.82) is 0 Å². The van der Waals surface area contributed by atoms with E-state index in [1.54, 1.807) is 39.1 Å². The van der Waals surface area contributed by atoms with E-state index >= 15 is 0 Å². The van der Waals surface area contributed by atoms with Crippen LogP contribution < -0.4 is 11.4 Å². The number of anilines is 1. The summed E-state index contributed by atoms with van der Waals surface area (Å²) >= 11 is 0. The van der Waals surface area contributed by atoms with Crippen LogP contribution in [-0.2, 0) is 4.74 Å². The molecule has 3 heterocycles. The topological polar surface area (TPSA) is 104 Å². The maximum absolute atomic E-state index is 13.1. The van der Waals surface area contributed by atoms with Gasteiger partial charge >= 0.3 is 11.8 Å². The number of carbonyl (C=O) groups excluding carboxylic acids is 1. The van der Waals surface area contributed by atoms with Gasteiger partial charge in [0.05, 0.1) is 12.1 Å². The molecule has 0 bridgehead atoms. The van der Waals surface area contributed by atoms with Gasteiger partial charge in [0, 0.05) is 6.21 Å². The van der Waals surface area contributed by atoms with Crippen molar-refractivity contribution >= 4 is 29.3 Å². The number of nitrogens with zero attached hydrogens (tertiary/aromatic N) is 4. The van der Waals surface area contributed by atoms with E-state index in [0.29, 0.717) is 11.2 Å². The van der Waals surface area contributed by atoms with Gasteiger partial charge in [-0.2, -0.15) is 4.57 Å². The molecule has 0 radical (unpaired) electrons. The summed E-state index contributed by atoms with van der Waals surface area (Å²) < 4.78 is 7.87. The summed E-state index contributed by atoms with van der Waals surface area (Å²) in [6.45, 7) is 9.14. The summed E-state index contributed by atoms with van der Waals surface area (Å²) in [4.78, 5) is 34.5. The summed E-state index contributed by atoms with van der Waals surface area (Å²) in [5, 5.41) is 0. The second-order valence-electron chi connectivity index (χ2n) is 7.79. The van der Waals surface area contributed by atoms with Crippen LogP contribution in [0, 0.1) is 0 Å². The fourth-order valence-electron chi connectivity index (χ4n) is 3.00. The van der Waals surface area contributed by atoms with Crippen LogP contribution in [0.5, 0.6) is 0 Å². The summed E-state index contributed by atoms with van der Waals surface area (Å²) in [5.41, 5.74) is 6.18. The number of nitrogen functional groups attached to an aromatic ring is 1. The molecule has 0 saturated carbocycles. The Morgan fingerprint density at radius 1 is 1.37 bits per heavy atom. The van der Waals surface area contributed by atoms with Gasteiger partial charge in [0.2, 0.25) is 0 Å². The number of aliphatic imine (C=N–C) groups is 1. The molecule has 0 spiro atoms. The van der Waals surface area contributed by atoms with E-state index in [9.17, 15) is 9.59 Å². The van der Waals surface area contributed by atoms with E-state index in [1.807, 2.05) is 13.8 Å². The Labute approximate surface area is 157 Å². The Morgan fingerprint density at radius 2 is 2.07 bits per heavy atom. The summed E-state index contributed by atoms with van der Waals surface area (Å²) in [5.74, 6) is 0.268. The highest BCUT2D eigenvalue weighted by Gasteiger charge is 2.27. The van der Waals surface area contributed by atoms with Crippen LogP contribution in [0.15, 0.2) is 33.6 Å². The molecule has 2 aromatic rings. The largest absolute Gasteiger partial charge is 0.443 e. The Kier molecular flexibility index (Phi) is 4.67. The number of nitrogens with two attached hydrogens (primary N) is 1. The monoisotopic (exact) mass is 371 g/mol. The number of hydrogen-bond acceptors (Lipinski definition) is 6. The number of allylic oxidation sites excluding steroid dienone is 1. The van der Waals surface area contributed by atoms with Crippen molar-refractivity contribution < 1.29 is 9.53 Å². The van der Waals surface area contributed by atoms with Crippen LogP contribution in [-0.4, -0.2) is 38.1 Å². The Hall–Kier alpha value is -2.90. The molecule has 8 heteroatoms. The van der Waals surface area contributed by atoms with Crippen molar-refractivity contribution in [2.24, 2.45) is 4.99 Å². The normalized spacial score (nSPS) is 18.4. The fraction of sp³-hybridized carbons (Fsp3) is 0.474. The molecule has 1 aliphatic rings. The van der Waals surface area contributed by atoms with Gasteiger partial charge in [-0.3, -0.25) is 9.56 Å². The van der Waals surface area contributed by atoms with E-state index in [0.717, 1.165) is 16.6 Å². The molecular formula is C19H25N5O3. The highest BCUT2D eigenvalue weighted by atomic mass is 16.6. The lowest BCUT2D eigenvalue weighted by atomic mass is 10.0. The molecule has 3 rings (SSSR count). The highest BCUT2D eigenvalue weighted by molar-refractivity contribution is 5.87. The van der Waals surface area contributed by atoms with Gasteiger partial charge in [-0.05, 0) is 58.7 Å². The number of imidazole rings is 1. The van der Waals surface area contributed by atoms with Crippen molar-refractivity contribution in [3.05, 3.63) is 34.3 Å². The zero-order chi connectivity index (χ0) is 19.9. The van der Waals surface area contributed by atoms with Crippen molar-refractivity contribution in [2.45, 2.75) is 58.7 Å². The van der Waals surface area contributed by atoms with Gasteiger partial charge in [-0.1, -0.05) is 6.08 Å². The van der Waals surface area contributed by atoms with E-state index in [2.05, 4.69) is 16.1 Å². The molecule has 0 aromatic carbocycles. The van der Waals surface area contributed by atoms with Gasteiger partial charge in [-0.25, -0.2) is 14.6 Å². The van der Waals surface area contributed by atoms with Crippen LogP contribution in [0.1, 0.15) is 47.1 Å². The first-order chi connectivity index (χ1) is 12.6. The van der Waals surface area contributed by atoms with E-state index in [-0.39, 0.29) is 17.9 Å². The van der Waals surface area contributed by atoms with Gasteiger partial charge in [0.1, 0.15) is 16.9 Å². The van der Waals surface area contributed by atoms with Crippen molar-refractivity contribution in [3.63, 3.8) is 0 Å². The Morgan fingerprint density at radius 3 is 2.67 bits per heavy atom. The van der Waals surface area contributed by atoms with Crippen LogP contribution in [0.3, 0.4) is 0 Å². The number of dihydropyridines is 1. The third-order valence-corrected chi connectivity index (χ3v) is 4.36. The maximum atomic E-state index is 13.1. The third-order valence-electron chi connectivity index (χ3n) is 4.36. The second-order valence-corrected chi connectivity index (χ2v) is 7.79. The van der Waals surface area contributed by atoms with Gasteiger partial charge in [0.15, 0.2) is 5.65 Å². The molecule has 2 N–H and O–H groups in total. The zero-order valence-electron chi connectivity index (χ0n) is 16.3. The Bertz CT molecular complexity index is 1010. The lowest BCUT2D eigenvalue weighted by Gasteiger charge is -2.19. The lowest BCUT2D eigenvalue weighted by molar-refractivity contribution is 0.0537. The number of ether oxygens (including phenoxy) is 1. The quantitative estimate of drug-likeness (QED) is 0.874. The van der Waals surface area contributed by atoms with Gasteiger partial charge in [0.25, 0.3) is 0 Å². The summed E-state index contributed by atoms with van der Waals surface area (Å²) in [6.07, 6.45) is 3.88. The van der Waals surface area contributed by atoms with E-state index in [4.69, 9.17) is 10.5 Å². The molecule has 0 amide bonds. The predicted octanol–water partition coefficient (Wildman–Crippen LogP) is 2.91. The van der Waals surface area contributed by atoms with Crippen LogP contribution >= 0.6 is 0 Å². The first-order valence-corrected chi connectivity index (χ1v) is 8.94.